The zero-order valence-corrected chi connectivity index (χ0v) is 9.90. The highest BCUT2D eigenvalue weighted by molar-refractivity contribution is 5.92. The molecule has 5 heteroatoms. The van der Waals surface area contributed by atoms with Crippen molar-refractivity contribution in [3.8, 4) is 5.75 Å². The van der Waals surface area contributed by atoms with Crippen molar-refractivity contribution in [3.63, 3.8) is 0 Å². The second kappa shape index (κ2) is 5.89. The summed E-state index contributed by atoms with van der Waals surface area (Å²) < 4.78 is 5.40. The predicted molar refractivity (Wildman–Crippen MR) is 63.7 cm³/mol. The van der Waals surface area contributed by atoms with E-state index in [0.29, 0.717) is 17.9 Å². The number of carbonyl (C=O) groups excluding carboxylic acids is 2. The van der Waals surface area contributed by atoms with Crippen LogP contribution in [0.15, 0.2) is 24.3 Å². The molecule has 0 aliphatic rings. The van der Waals surface area contributed by atoms with Gasteiger partial charge in [0.15, 0.2) is 6.10 Å². The van der Waals surface area contributed by atoms with Crippen LogP contribution in [0, 0.1) is 0 Å². The summed E-state index contributed by atoms with van der Waals surface area (Å²) in [6.07, 6.45) is -0.575. The van der Waals surface area contributed by atoms with Crippen LogP contribution in [0.3, 0.4) is 0 Å². The SMILES string of the molecule is CCNC(=O)[C@@H](C)Oc1ccc(C(N)=O)cc1. The predicted octanol–water partition coefficient (Wildman–Crippen LogP) is 0.689. The van der Waals surface area contributed by atoms with Crippen molar-refractivity contribution >= 4 is 11.8 Å². The third-order valence-corrected chi connectivity index (χ3v) is 2.17. The Morgan fingerprint density at radius 2 is 1.94 bits per heavy atom. The number of nitrogens with one attached hydrogen (secondary N) is 1. The van der Waals surface area contributed by atoms with Crippen LogP contribution < -0.4 is 15.8 Å². The summed E-state index contributed by atoms with van der Waals surface area (Å²) in [5, 5.41) is 2.66. The quantitative estimate of drug-likeness (QED) is 0.789. The molecule has 92 valence electrons. The number of nitrogens with two attached hydrogens (primary N) is 1. The van der Waals surface area contributed by atoms with Gasteiger partial charge >= 0.3 is 0 Å². The van der Waals surface area contributed by atoms with Gasteiger partial charge in [-0.1, -0.05) is 0 Å². The number of carbonyl (C=O) groups is 2. The summed E-state index contributed by atoms with van der Waals surface area (Å²) in [5.74, 6) is -0.145. The van der Waals surface area contributed by atoms with Crippen molar-refractivity contribution in [2.24, 2.45) is 5.73 Å². The molecule has 1 aromatic carbocycles. The Morgan fingerprint density at radius 3 is 2.41 bits per heavy atom. The first-order chi connectivity index (χ1) is 8.04. The Labute approximate surface area is 99.9 Å². The van der Waals surface area contributed by atoms with Crippen molar-refractivity contribution < 1.29 is 14.3 Å². The van der Waals surface area contributed by atoms with Crippen molar-refractivity contribution in [3.05, 3.63) is 29.8 Å². The molecule has 0 aliphatic heterocycles. The molecule has 17 heavy (non-hydrogen) atoms. The van der Waals surface area contributed by atoms with Gasteiger partial charge < -0.3 is 15.8 Å². The molecule has 3 N–H and O–H groups in total. The molecule has 1 rings (SSSR count). The highest BCUT2D eigenvalue weighted by Crippen LogP contribution is 2.13. The lowest BCUT2D eigenvalue weighted by Gasteiger charge is -2.13. The molecule has 0 aromatic heterocycles. The van der Waals surface area contributed by atoms with Gasteiger partial charge in [0, 0.05) is 12.1 Å². The first kappa shape index (κ1) is 13.0. The van der Waals surface area contributed by atoms with Crippen LogP contribution in [0.4, 0.5) is 0 Å². The second-order valence-electron chi connectivity index (χ2n) is 3.54. The Kier molecular flexibility index (Phi) is 4.51. The summed E-state index contributed by atoms with van der Waals surface area (Å²) in [6.45, 7) is 4.06. The minimum Gasteiger partial charge on any atom is -0.481 e. The first-order valence-electron chi connectivity index (χ1n) is 5.38. The molecule has 2 amide bonds. The van der Waals surface area contributed by atoms with Crippen molar-refractivity contribution in [1.82, 2.24) is 5.32 Å². The topological polar surface area (TPSA) is 81.4 Å². The van der Waals surface area contributed by atoms with Crippen molar-refractivity contribution in [1.29, 1.82) is 0 Å². The van der Waals surface area contributed by atoms with E-state index in [4.69, 9.17) is 10.5 Å². The van der Waals surface area contributed by atoms with Gasteiger partial charge in [-0.3, -0.25) is 9.59 Å². The zero-order chi connectivity index (χ0) is 12.8. The van der Waals surface area contributed by atoms with Crippen LogP contribution in [0.1, 0.15) is 24.2 Å². The van der Waals surface area contributed by atoms with Crippen molar-refractivity contribution in [2.45, 2.75) is 20.0 Å². The fourth-order valence-corrected chi connectivity index (χ4v) is 1.27. The third-order valence-electron chi connectivity index (χ3n) is 2.17. The fraction of sp³-hybridized carbons (Fsp3) is 0.333. The maximum atomic E-state index is 11.4. The number of benzene rings is 1. The fourth-order valence-electron chi connectivity index (χ4n) is 1.27. The lowest BCUT2D eigenvalue weighted by Crippen LogP contribution is -2.36. The molecule has 0 bridgehead atoms. The van der Waals surface area contributed by atoms with Crippen molar-refractivity contribution in [2.75, 3.05) is 6.54 Å². The number of hydrogen-bond acceptors (Lipinski definition) is 3. The summed E-state index contributed by atoms with van der Waals surface area (Å²) in [5.41, 5.74) is 5.51. The maximum absolute atomic E-state index is 11.4. The smallest absolute Gasteiger partial charge is 0.260 e. The number of amides is 2. The van der Waals surface area contributed by atoms with Crippen LogP contribution in [0.5, 0.6) is 5.75 Å². The molecule has 0 unspecified atom stereocenters. The Hall–Kier alpha value is -2.04. The van der Waals surface area contributed by atoms with Gasteiger partial charge in [0.05, 0.1) is 0 Å². The van der Waals surface area contributed by atoms with Gasteiger partial charge in [-0.2, -0.15) is 0 Å². The van der Waals surface area contributed by atoms with E-state index >= 15 is 0 Å². The molecule has 1 atom stereocenters. The lowest BCUT2D eigenvalue weighted by atomic mass is 10.2. The van der Waals surface area contributed by atoms with E-state index < -0.39 is 12.0 Å². The van der Waals surface area contributed by atoms with Crippen LogP contribution >= 0.6 is 0 Å². The first-order valence-corrected chi connectivity index (χ1v) is 5.38. The van der Waals surface area contributed by atoms with E-state index in [2.05, 4.69) is 5.32 Å². The minimum atomic E-state index is -0.575. The Morgan fingerprint density at radius 1 is 1.35 bits per heavy atom. The van der Waals surface area contributed by atoms with E-state index in [1.807, 2.05) is 6.92 Å². The highest BCUT2D eigenvalue weighted by atomic mass is 16.5. The second-order valence-corrected chi connectivity index (χ2v) is 3.54. The summed E-state index contributed by atoms with van der Waals surface area (Å²) >= 11 is 0. The number of hydrogen-bond donors (Lipinski definition) is 2. The van der Waals surface area contributed by atoms with E-state index in [-0.39, 0.29) is 5.91 Å². The number of likely N-dealkylation sites (N-methyl/N-ethyl adjacent to an activating group) is 1. The molecule has 0 saturated heterocycles. The van der Waals surface area contributed by atoms with E-state index in [1.54, 1.807) is 31.2 Å². The Balaban J connectivity index is 2.63. The van der Waals surface area contributed by atoms with Gasteiger partial charge in [-0.15, -0.1) is 0 Å². The number of rotatable bonds is 5. The van der Waals surface area contributed by atoms with E-state index in [9.17, 15) is 9.59 Å². The molecular formula is C12H16N2O3. The zero-order valence-electron chi connectivity index (χ0n) is 9.90. The number of primary amides is 1. The lowest BCUT2D eigenvalue weighted by molar-refractivity contribution is -0.127. The molecule has 0 saturated carbocycles. The molecule has 0 heterocycles. The molecule has 1 aromatic rings. The average molecular weight is 236 g/mol. The van der Waals surface area contributed by atoms with Crippen LogP contribution in [0.2, 0.25) is 0 Å². The molecule has 0 radical (unpaired) electrons. The monoisotopic (exact) mass is 236 g/mol. The largest absolute Gasteiger partial charge is 0.481 e. The van der Waals surface area contributed by atoms with Crippen LogP contribution in [-0.2, 0) is 4.79 Å². The Bertz CT molecular complexity index is 401. The van der Waals surface area contributed by atoms with Gasteiger partial charge in [0.25, 0.3) is 5.91 Å². The van der Waals surface area contributed by atoms with Gasteiger partial charge in [-0.05, 0) is 38.1 Å². The standard InChI is InChI=1S/C12H16N2O3/c1-3-14-12(16)8(2)17-10-6-4-9(5-7-10)11(13)15/h4-8H,3H2,1-2H3,(H2,13,15)(H,14,16)/t8-/m1/s1. The average Bonchev–Trinajstić information content (AvgIpc) is 2.30. The summed E-state index contributed by atoms with van der Waals surface area (Å²) in [4.78, 5) is 22.3. The van der Waals surface area contributed by atoms with Gasteiger partial charge in [-0.25, -0.2) is 0 Å². The molecule has 0 aliphatic carbocycles. The summed E-state index contributed by atoms with van der Waals surface area (Å²) in [6, 6.07) is 6.33. The maximum Gasteiger partial charge on any atom is 0.260 e. The minimum absolute atomic E-state index is 0.175. The van der Waals surface area contributed by atoms with Crippen LogP contribution in [0.25, 0.3) is 0 Å². The normalized spacial score (nSPS) is 11.6. The number of ether oxygens (including phenoxy) is 1. The molecule has 0 fully saturated rings. The van der Waals surface area contributed by atoms with Gasteiger partial charge in [0.2, 0.25) is 5.91 Å². The highest BCUT2D eigenvalue weighted by Gasteiger charge is 2.13. The molecule has 5 nitrogen and oxygen atoms in total. The van der Waals surface area contributed by atoms with E-state index in [0.717, 1.165) is 0 Å². The molecule has 0 spiro atoms. The van der Waals surface area contributed by atoms with E-state index in [1.165, 1.54) is 0 Å². The third kappa shape index (κ3) is 3.79. The van der Waals surface area contributed by atoms with Gasteiger partial charge in [0.1, 0.15) is 5.75 Å². The molecular weight excluding hydrogens is 220 g/mol. The summed E-state index contributed by atoms with van der Waals surface area (Å²) in [7, 11) is 0. The van der Waals surface area contributed by atoms with Crippen LogP contribution in [-0.4, -0.2) is 24.5 Å².